The molecule has 0 unspecified atom stereocenters. The summed E-state index contributed by atoms with van der Waals surface area (Å²) in [7, 11) is 0. The second-order valence-electron chi connectivity index (χ2n) is 7.93. The molecule has 0 saturated carbocycles. The Labute approximate surface area is 153 Å². The number of fused-ring (bicyclic) bond motifs is 4. The average molecular weight is 351 g/mol. The fourth-order valence-electron chi connectivity index (χ4n) is 4.90. The van der Waals surface area contributed by atoms with Crippen molar-refractivity contribution in [3.8, 4) is 0 Å². The van der Waals surface area contributed by atoms with Crippen LogP contribution in [0, 0.1) is 5.92 Å². The van der Waals surface area contributed by atoms with E-state index in [0.717, 1.165) is 50.9 Å². The monoisotopic (exact) mass is 351 g/mol. The maximum absolute atomic E-state index is 12.2. The van der Waals surface area contributed by atoms with E-state index < -0.39 is 0 Å². The minimum atomic E-state index is 0.150. The van der Waals surface area contributed by atoms with E-state index in [1.807, 2.05) is 22.9 Å². The van der Waals surface area contributed by atoms with Crippen LogP contribution in [0.5, 0.6) is 0 Å². The van der Waals surface area contributed by atoms with E-state index in [2.05, 4.69) is 20.9 Å². The van der Waals surface area contributed by atoms with Crippen LogP contribution in [0.3, 0.4) is 0 Å². The zero-order chi connectivity index (χ0) is 17.5. The van der Waals surface area contributed by atoms with Gasteiger partial charge in [0.2, 0.25) is 5.95 Å². The fraction of sp³-hybridized carbons (Fsp3) is 0.550. The second-order valence-corrected chi connectivity index (χ2v) is 7.93. The number of hydrogen-bond donors (Lipinski definition) is 0. The summed E-state index contributed by atoms with van der Waals surface area (Å²) in [5.41, 5.74) is 2.46. The van der Waals surface area contributed by atoms with Crippen molar-refractivity contribution in [1.29, 1.82) is 0 Å². The number of likely N-dealkylation sites (tertiary alicyclic amines) is 1. The van der Waals surface area contributed by atoms with Crippen molar-refractivity contribution < 1.29 is 0 Å². The molecule has 3 aliphatic rings. The van der Waals surface area contributed by atoms with Crippen LogP contribution in [0.15, 0.2) is 35.3 Å². The van der Waals surface area contributed by atoms with Crippen molar-refractivity contribution >= 4 is 5.95 Å². The van der Waals surface area contributed by atoms with Gasteiger partial charge in [0.15, 0.2) is 0 Å². The highest BCUT2D eigenvalue weighted by atomic mass is 16.1. The normalized spacial score (nSPS) is 25.3. The van der Waals surface area contributed by atoms with E-state index in [1.165, 1.54) is 25.0 Å². The standard InChI is InChI=1S/C20H25N5O/c26-19-5-3-4-18-16-10-15(12-25(18)19)11-23(13-16)14-17-6-7-21-20(22-17)24-8-1-2-9-24/h3-7,15-16H,1-2,8-14H2/t15-,16+/m1/s1. The van der Waals surface area contributed by atoms with E-state index in [0.29, 0.717) is 11.8 Å². The van der Waals surface area contributed by atoms with E-state index in [1.54, 1.807) is 6.07 Å². The molecule has 26 heavy (non-hydrogen) atoms. The van der Waals surface area contributed by atoms with Crippen molar-refractivity contribution in [3.05, 3.63) is 52.2 Å². The first-order valence-electron chi connectivity index (χ1n) is 9.75. The van der Waals surface area contributed by atoms with Gasteiger partial charge in [0, 0.05) is 63.1 Å². The molecule has 2 saturated heterocycles. The molecule has 2 fully saturated rings. The molecule has 2 aromatic heterocycles. The van der Waals surface area contributed by atoms with E-state index in [4.69, 9.17) is 4.98 Å². The van der Waals surface area contributed by atoms with Gasteiger partial charge >= 0.3 is 0 Å². The Morgan fingerprint density at radius 1 is 1.08 bits per heavy atom. The molecule has 0 aliphatic carbocycles. The van der Waals surface area contributed by atoms with Gasteiger partial charge in [-0.05, 0) is 37.3 Å². The first-order valence-corrected chi connectivity index (χ1v) is 9.75. The molecule has 3 aliphatic heterocycles. The maximum Gasteiger partial charge on any atom is 0.250 e. The highest BCUT2D eigenvalue weighted by molar-refractivity contribution is 5.31. The minimum Gasteiger partial charge on any atom is -0.341 e. The Kier molecular flexibility index (Phi) is 4.00. The third-order valence-electron chi connectivity index (χ3n) is 6.03. The third-order valence-corrected chi connectivity index (χ3v) is 6.03. The van der Waals surface area contributed by atoms with Crippen LogP contribution >= 0.6 is 0 Å². The lowest BCUT2D eigenvalue weighted by atomic mass is 9.83. The third kappa shape index (κ3) is 2.92. The zero-order valence-electron chi connectivity index (χ0n) is 15.0. The summed E-state index contributed by atoms with van der Waals surface area (Å²) < 4.78 is 1.99. The Morgan fingerprint density at radius 3 is 2.85 bits per heavy atom. The number of aromatic nitrogens is 3. The second kappa shape index (κ2) is 6.50. The van der Waals surface area contributed by atoms with Gasteiger partial charge in [-0.1, -0.05) is 6.07 Å². The molecule has 0 N–H and O–H groups in total. The van der Waals surface area contributed by atoms with Gasteiger partial charge in [-0.15, -0.1) is 0 Å². The van der Waals surface area contributed by atoms with Crippen molar-refractivity contribution in [3.63, 3.8) is 0 Å². The van der Waals surface area contributed by atoms with E-state index >= 15 is 0 Å². The molecule has 0 aromatic carbocycles. The van der Waals surface area contributed by atoms with Gasteiger partial charge in [0.05, 0.1) is 5.69 Å². The Balaban J connectivity index is 1.34. The van der Waals surface area contributed by atoms with Gasteiger partial charge in [-0.3, -0.25) is 9.69 Å². The minimum absolute atomic E-state index is 0.150. The molecule has 6 nitrogen and oxygen atoms in total. The van der Waals surface area contributed by atoms with Crippen LogP contribution in [0.4, 0.5) is 5.95 Å². The zero-order valence-corrected chi connectivity index (χ0v) is 15.0. The number of nitrogens with zero attached hydrogens (tertiary/aromatic N) is 5. The number of piperidine rings is 1. The van der Waals surface area contributed by atoms with Crippen LogP contribution in [-0.2, 0) is 13.1 Å². The summed E-state index contributed by atoms with van der Waals surface area (Å²) in [5.74, 6) is 1.90. The molecule has 2 aromatic rings. The van der Waals surface area contributed by atoms with Crippen LogP contribution in [0.1, 0.15) is 36.6 Å². The van der Waals surface area contributed by atoms with Gasteiger partial charge in [-0.25, -0.2) is 9.97 Å². The molecule has 0 amide bonds. The van der Waals surface area contributed by atoms with Crippen molar-refractivity contribution in [2.75, 3.05) is 31.1 Å². The molecule has 5 rings (SSSR count). The van der Waals surface area contributed by atoms with Gasteiger partial charge in [0.1, 0.15) is 0 Å². The van der Waals surface area contributed by atoms with Gasteiger partial charge in [0.25, 0.3) is 5.56 Å². The lowest BCUT2D eigenvalue weighted by Gasteiger charge is -2.42. The lowest BCUT2D eigenvalue weighted by molar-refractivity contribution is 0.113. The quantitative estimate of drug-likeness (QED) is 0.845. The lowest BCUT2D eigenvalue weighted by Crippen LogP contribution is -2.46. The molecule has 2 atom stereocenters. The van der Waals surface area contributed by atoms with E-state index in [9.17, 15) is 4.79 Å². The molecule has 0 spiro atoms. The van der Waals surface area contributed by atoms with Crippen LogP contribution in [0.2, 0.25) is 0 Å². The Hall–Kier alpha value is -2.21. The predicted molar refractivity (Wildman–Crippen MR) is 100 cm³/mol. The first-order chi connectivity index (χ1) is 12.8. The molecular formula is C20H25N5O. The van der Waals surface area contributed by atoms with Crippen LogP contribution in [0.25, 0.3) is 0 Å². The van der Waals surface area contributed by atoms with Gasteiger partial charge in [-0.2, -0.15) is 0 Å². The predicted octanol–water partition coefficient (Wildman–Crippen LogP) is 1.86. The van der Waals surface area contributed by atoms with Crippen molar-refractivity contribution in [2.45, 2.75) is 38.3 Å². The highest BCUT2D eigenvalue weighted by Crippen LogP contribution is 2.35. The van der Waals surface area contributed by atoms with Gasteiger partial charge < -0.3 is 9.47 Å². The first kappa shape index (κ1) is 16.0. The smallest absolute Gasteiger partial charge is 0.250 e. The number of rotatable bonds is 3. The molecule has 2 bridgehead atoms. The Bertz CT molecular complexity index is 857. The van der Waals surface area contributed by atoms with E-state index in [-0.39, 0.29) is 5.56 Å². The molecule has 0 radical (unpaired) electrons. The molecule has 5 heterocycles. The van der Waals surface area contributed by atoms with Crippen LogP contribution < -0.4 is 10.5 Å². The summed E-state index contributed by atoms with van der Waals surface area (Å²) >= 11 is 0. The summed E-state index contributed by atoms with van der Waals surface area (Å²) in [4.78, 5) is 26.2. The van der Waals surface area contributed by atoms with Crippen molar-refractivity contribution in [1.82, 2.24) is 19.4 Å². The van der Waals surface area contributed by atoms with Crippen LogP contribution in [-0.4, -0.2) is 45.6 Å². The molecular weight excluding hydrogens is 326 g/mol. The maximum atomic E-state index is 12.2. The molecule has 6 heteroatoms. The number of pyridine rings is 1. The number of hydrogen-bond acceptors (Lipinski definition) is 5. The summed E-state index contributed by atoms with van der Waals surface area (Å²) in [6.07, 6.45) is 5.57. The number of anilines is 1. The average Bonchev–Trinajstić information content (AvgIpc) is 3.18. The fourth-order valence-corrected chi connectivity index (χ4v) is 4.90. The topological polar surface area (TPSA) is 54.3 Å². The largest absolute Gasteiger partial charge is 0.341 e. The molecule has 136 valence electrons. The summed E-state index contributed by atoms with van der Waals surface area (Å²) in [5, 5.41) is 0. The SMILES string of the molecule is O=c1cccc2n1C[C@@H]1C[C@H]2CN(Cc2ccnc(N3CCCC3)n2)C1. The summed E-state index contributed by atoms with van der Waals surface area (Å²) in [6, 6.07) is 7.76. The van der Waals surface area contributed by atoms with Crippen molar-refractivity contribution in [2.24, 2.45) is 5.92 Å². The summed E-state index contributed by atoms with van der Waals surface area (Å²) in [6.45, 7) is 5.91. The highest BCUT2D eigenvalue weighted by Gasteiger charge is 2.34. The Morgan fingerprint density at radius 2 is 1.96 bits per heavy atom.